The number of benzene rings is 1. The molecule has 25 heavy (non-hydrogen) atoms. The Hall–Kier alpha value is -1.79. The van der Waals surface area contributed by atoms with Gasteiger partial charge in [-0.2, -0.15) is 0 Å². The van der Waals surface area contributed by atoms with Crippen LogP contribution in [0.4, 0.5) is 0 Å². The van der Waals surface area contributed by atoms with E-state index in [0.29, 0.717) is 32.3 Å². The number of nitrogens with one attached hydrogen (secondary N) is 2. The zero-order valence-electron chi connectivity index (χ0n) is 16.0. The Morgan fingerprint density at radius 1 is 1.08 bits per heavy atom. The number of hydrogen-bond acceptors (Lipinski definition) is 4. The van der Waals surface area contributed by atoms with E-state index in [1.807, 2.05) is 12.1 Å². The number of nitrogens with zero attached hydrogens (tertiary/aromatic N) is 1. The van der Waals surface area contributed by atoms with Crippen LogP contribution >= 0.6 is 0 Å². The van der Waals surface area contributed by atoms with Gasteiger partial charge < -0.3 is 24.8 Å². The van der Waals surface area contributed by atoms with Crippen LogP contribution in [0.3, 0.4) is 0 Å². The molecule has 0 saturated heterocycles. The van der Waals surface area contributed by atoms with Crippen LogP contribution in [0.5, 0.6) is 5.75 Å². The molecule has 0 aliphatic carbocycles. The monoisotopic (exact) mass is 351 g/mol. The summed E-state index contributed by atoms with van der Waals surface area (Å²) >= 11 is 0. The van der Waals surface area contributed by atoms with Gasteiger partial charge in [0.25, 0.3) is 0 Å². The molecule has 0 aliphatic heterocycles. The summed E-state index contributed by atoms with van der Waals surface area (Å²) in [7, 11) is 3.44. The molecule has 0 aliphatic rings. The largest absolute Gasteiger partial charge is 0.493 e. The van der Waals surface area contributed by atoms with Crippen LogP contribution in [0.2, 0.25) is 0 Å². The zero-order valence-corrected chi connectivity index (χ0v) is 16.0. The lowest BCUT2D eigenvalue weighted by molar-refractivity contribution is 0.0698. The lowest BCUT2D eigenvalue weighted by Gasteiger charge is -2.13. The van der Waals surface area contributed by atoms with E-state index in [0.717, 1.165) is 31.3 Å². The summed E-state index contributed by atoms with van der Waals surface area (Å²) in [6.07, 6.45) is 0.923. The van der Waals surface area contributed by atoms with Crippen molar-refractivity contribution >= 4 is 5.96 Å². The van der Waals surface area contributed by atoms with E-state index in [1.54, 1.807) is 14.2 Å². The summed E-state index contributed by atoms with van der Waals surface area (Å²) < 4.78 is 16.1. The molecule has 0 aromatic heterocycles. The summed E-state index contributed by atoms with van der Waals surface area (Å²) in [4.78, 5) is 4.23. The topological polar surface area (TPSA) is 64.1 Å². The predicted octanol–water partition coefficient (Wildman–Crippen LogP) is 2.44. The van der Waals surface area contributed by atoms with Crippen molar-refractivity contribution in [3.8, 4) is 5.75 Å². The average molecular weight is 351 g/mol. The van der Waals surface area contributed by atoms with E-state index in [4.69, 9.17) is 14.2 Å². The summed E-state index contributed by atoms with van der Waals surface area (Å²) in [6, 6.07) is 8.15. The second kappa shape index (κ2) is 13.5. The molecule has 2 N–H and O–H groups in total. The van der Waals surface area contributed by atoms with Crippen molar-refractivity contribution in [1.29, 1.82) is 0 Å². The molecule has 0 fully saturated rings. The maximum atomic E-state index is 5.69. The van der Waals surface area contributed by atoms with Gasteiger partial charge >= 0.3 is 0 Å². The molecule has 0 radical (unpaired) electrons. The minimum absolute atomic E-state index is 0.529. The molecule has 142 valence electrons. The standard InChI is InChI=1S/C19H33N3O3/c1-16(2)15-25-18-8-6-17(7-9-18)14-22-19(20-3)21-10-5-11-24-13-12-23-4/h6-9,16H,5,10-15H2,1-4H3,(H2,20,21,22). The van der Waals surface area contributed by atoms with E-state index in [-0.39, 0.29) is 0 Å². The fourth-order valence-corrected chi connectivity index (χ4v) is 2.00. The van der Waals surface area contributed by atoms with Crippen molar-refractivity contribution in [2.24, 2.45) is 10.9 Å². The first-order valence-corrected chi connectivity index (χ1v) is 8.88. The van der Waals surface area contributed by atoms with E-state index >= 15 is 0 Å². The molecule has 6 heteroatoms. The molecule has 0 bridgehead atoms. The summed E-state index contributed by atoms with van der Waals surface area (Å²) in [6.45, 7) is 8.54. The van der Waals surface area contributed by atoms with Gasteiger partial charge in [-0.1, -0.05) is 26.0 Å². The van der Waals surface area contributed by atoms with Crippen molar-refractivity contribution < 1.29 is 14.2 Å². The van der Waals surface area contributed by atoms with Gasteiger partial charge in [0.05, 0.1) is 19.8 Å². The third-order valence-corrected chi connectivity index (χ3v) is 3.38. The van der Waals surface area contributed by atoms with Crippen LogP contribution in [-0.2, 0) is 16.0 Å². The highest BCUT2D eigenvalue weighted by Crippen LogP contribution is 2.13. The van der Waals surface area contributed by atoms with E-state index in [2.05, 4.69) is 41.6 Å². The number of aliphatic imine (C=N–C) groups is 1. The van der Waals surface area contributed by atoms with Crippen LogP contribution in [-0.4, -0.2) is 53.1 Å². The molecule has 0 amide bonds. The lowest BCUT2D eigenvalue weighted by atomic mass is 10.2. The highest BCUT2D eigenvalue weighted by atomic mass is 16.5. The average Bonchev–Trinajstić information content (AvgIpc) is 2.62. The van der Waals surface area contributed by atoms with Gasteiger partial charge in [0.15, 0.2) is 5.96 Å². The minimum atomic E-state index is 0.529. The predicted molar refractivity (Wildman–Crippen MR) is 102 cm³/mol. The summed E-state index contributed by atoms with van der Waals surface area (Å²) in [5.74, 6) is 2.23. The highest BCUT2D eigenvalue weighted by Gasteiger charge is 2.00. The molecule has 1 aromatic rings. The smallest absolute Gasteiger partial charge is 0.191 e. The first-order chi connectivity index (χ1) is 12.2. The summed E-state index contributed by atoms with van der Waals surface area (Å²) in [5.41, 5.74) is 1.18. The highest BCUT2D eigenvalue weighted by molar-refractivity contribution is 5.79. The van der Waals surface area contributed by atoms with Crippen molar-refractivity contribution in [3.63, 3.8) is 0 Å². The van der Waals surface area contributed by atoms with Gasteiger partial charge in [0.2, 0.25) is 0 Å². The number of rotatable bonds is 12. The van der Waals surface area contributed by atoms with Gasteiger partial charge in [0, 0.05) is 33.9 Å². The van der Waals surface area contributed by atoms with Crippen LogP contribution in [0, 0.1) is 5.92 Å². The zero-order chi connectivity index (χ0) is 18.3. The van der Waals surface area contributed by atoms with Gasteiger partial charge in [-0.05, 0) is 30.0 Å². The second-order valence-corrected chi connectivity index (χ2v) is 6.16. The molecule has 0 atom stereocenters. The minimum Gasteiger partial charge on any atom is -0.493 e. The fourth-order valence-electron chi connectivity index (χ4n) is 2.00. The number of guanidine groups is 1. The fraction of sp³-hybridized carbons (Fsp3) is 0.632. The Bertz CT molecular complexity index is 475. The van der Waals surface area contributed by atoms with Crippen molar-refractivity contribution in [2.75, 3.05) is 47.1 Å². The van der Waals surface area contributed by atoms with Crippen molar-refractivity contribution in [2.45, 2.75) is 26.8 Å². The van der Waals surface area contributed by atoms with E-state index in [1.165, 1.54) is 5.56 Å². The van der Waals surface area contributed by atoms with Crippen LogP contribution < -0.4 is 15.4 Å². The molecule has 0 spiro atoms. The van der Waals surface area contributed by atoms with Gasteiger partial charge in [-0.3, -0.25) is 4.99 Å². The number of methoxy groups -OCH3 is 1. The molecule has 1 rings (SSSR count). The first-order valence-electron chi connectivity index (χ1n) is 8.88. The number of ether oxygens (including phenoxy) is 3. The third kappa shape index (κ3) is 10.6. The Kier molecular flexibility index (Phi) is 11.5. The quantitative estimate of drug-likeness (QED) is 0.344. The second-order valence-electron chi connectivity index (χ2n) is 6.16. The SMILES string of the molecule is CN=C(NCCCOCCOC)NCc1ccc(OCC(C)C)cc1. The molecule has 1 aromatic carbocycles. The first kappa shape index (κ1) is 21.3. The molecular formula is C19H33N3O3. The Morgan fingerprint density at radius 3 is 2.48 bits per heavy atom. The Labute approximate surface area is 152 Å². The van der Waals surface area contributed by atoms with Crippen molar-refractivity contribution in [1.82, 2.24) is 10.6 Å². The van der Waals surface area contributed by atoms with Crippen LogP contribution in [0.15, 0.2) is 29.3 Å². The van der Waals surface area contributed by atoms with Crippen LogP contribution in [0.25, 0.3) is 0 Å². The molecule has 0 saturated carbocycles. The maximum Gasteiger partial charge on any atom is 0.191 e. The van der Waals surface area contributed by atoms with Crippen LogP contribution in [0.1, 0.15) is 25.8 Å². The molecule has 6 nitrogen and oxygen atoms in total. The van der Waals surface area contributed by atoms with Gasteiger partial charge in [-0.15, -0.1) is 0 Å². The molecule has 0 unspecified atom stereocenters. The van der Waals surface area contributed by atoms with Gasteiger partial charge in [0.1, 0.15) is 5.75 Å². The number of hydrogen-bond donors (Lipinski definition) is 2. The lowest BCUT2D eigenvalue weighted by Crippen LogP contribution is -2.37. The normalized spacial score (nSPS) is 11.6. The molecular weight excluding hydrogens is 318 g/mol. The Balaban J connectivity index is 2.21. The summed E-state index contributed by atoms with van der Waals surface area (Å²) in [5, 5.41) is 6.58. The van der Waals surface area contributed by atoms with E-state index < -0.39 is 0 Å². The maximum absolute atomic E-state index is 5.69. The van der Waals surface area contributed by atoms with E-state index in [9.17, 15) is 0 Å². The molecule has 0 heterocycles. The Morgan fingerprint density at radius 2 is 1.84 bits per heavy atom. The van der Waals surface area contributed by atoms with Gasteiger partial charge in [-0.25, -0.2) is 0 Å². The van der Waals surface area contributed by atoms with Crippen molar-refractivity contribution in [3.05, 3.63) is 29.8 Å². The third-order valence-electron chi connectivity index (χ3n) is 3.38.